The number of carboxylic acid groups (broad SMARTS) is 4. The highest BCUT2D eigenvalue weighted by molar-refractivity contribution is 5.88. The summed E-state index contributed by atoms with van der Waals surface area (Å²) in [5.41, 5.74) is 7.29. The van der Waals surface area contributed by atoms with Crippen LogP contribution in [-0.2, 0) is 19.2 Å². The number of carbonyl (C=O) groups is 5. The summed E-state index contributed by atoms with van der Waals surface area (Å²) in [7, 11) is 0. The van der Waals surface area contributed by atoms with E-state index in [0.717, 1.165) is 56.0 Å². The Morgan fingerprint density at radius 1 is 0.837 bits per heavy atom. The minimum atomic E-state index is -1.31. The molecule has 2 aromatic rings. The maximum Gasteiger partial charge on any atom is 0.314 e. The minimum absolute atomic E-state index is 0. The molecule has 240 valence electrons. The standard InChI is InChI=1S/C13H17NO3.C11H12O2.C3H4O4.C2H4O2.CH4.H3N/c14-12(8-13(15)16)9-3-1-6-11(7-9)17-10-4-2-5-10;12-8-9-3-1-6-11(7-9)13-10-4-2-5-10;4-2(5)1-3(6)7;1-2(3)4;;/h1,3,6-7,10,12H,2,4-5,8,14H2,(H,15,16);1,3,6-8,10H,2,4-5H2;1H2,(H,4,5)(H,6,7);1H3,(H,3,4);1H4;1H3. The monoisotopic (exact) mass is 608 g/mol. The van der Waals surface area contributed by atoms with Crippen molar-refractivity contribution in [2.75, 3.05) is 0 Å². The molecule has 0 spiro atoms. The maximum atomic E-state index is 10.6. The Labute approximate surface area is 251 Å². The molecular formula is C30H44N2O11. The van der Waals surface area contributed by atoms with E-state index in [1.165, 1.54) is 12.8 Å². The van der Waals surface area contributed by atoms with Gasteiger partial charge in [-0.15, -0.1) is 0 Å². The Morgan fingerprint density at radius 2 is 1.28 bits per heavy atom. The van der Waals surface area contributed by atoms with E-state index in [1.54, 1.807) is 12.1 Å². The SMILES string of the molecule is C.CC(=O)O.N.NC(CC(=O)O)c1cccc(OC2CCC2)c1.O=C(O)CC(=O)O.O=Cc1cccc(OC2CCC2)c1. The Morgan fingerprint density at radius 3 is 1.63 bits per heavy atom. The smallest absolute Gasteiger partial charge is 0.314 e. The largest absolute Gasteiger partial charge is 0.490 e. The summed E-state index contributed by atoms with van der Waals surface area (Å²) in [5, 5.41) is 31.5. The highest BCUT2D eigenvalue weighted by Crippen LogP contribution is 2.27. The van der Waals surface area contributed by atoms with Crippen LogP contribution < -0.4 is 21.4 Å². The number of nitrogens with two attached hydrogens (primary N) is 1. The zero-order valence-electron chi connectivity index (χ0n) is 23.5. The number of hydrogen-bond acceptors (Lipinski definition) is 9. The van der Waals surface area contributed by atoms with Crippen molar-refractivity contribution < 1.29 is 53.9 Å². The summed E-state index contributed by atoms with van der Waals surface area (Å²) in [6, 6.07) is 14.2. The second kappa shape index (κ2) is 22.2. The average molecular weight is 609 g/mol. The van der Waals surface area contributed by atoms with Gasteiger partial charge in [-0.3, -0.25) is 24.0 Å². The number of benzene rings is 2. The summed E-state index contributed by atoms with van der Waals surface area (Å²) in [6.45, 7) is 1.08. The topological polar surface area (TPSA) is 246 Å². The predicted octanol–water partition coefficient (Wildman–Crippen LogP) is 4.96. The fraction of sp³-hybridized carbons (Fsp3) is 0.433. The van der Waals surface area contributed by atoms with Crippen LogP contribution in [0.25, 0.3) is 0 Å². The highest BCUT2D eigenvalue weighted by atomic mass is 16.5. The van der Waals surface area contributed by atoms with Crippen molar-refractivity contribution in [3.63, 3.8) is 0 Å². The fourth-order valence-electron chi connectivity index (χ4n) is 3.28. The molecule has 43 heavy (non-hydrogen) atoms. The van der Waals surface area contributed by atoms with Gasteiger partial charge in [-0.2, -0.15) is 0 Å². The lowest BCUT2D eigenvalue weighted by Gasteiger charge is -2.26. The Bertz CT molecular complexity index is 1130. The van der Waals surface area contributed by atoms with Gasteiger partial charge in [0.2, 0.25) is 0 Å². The molecule has 2 aromatic carbocycles. The molecule has 0 radical (unpaired) electrons. The van der Waals surface area contributed by atoms with Crippen LogP contribution in [-0.4, -0.2) is 62.8 Å². The normalized spacial score (nSPS) is 13.6. The molecule has 0 aromatic heterocycles. The minimum Gasteiger partial charge on any atom is -0.490 e. The molecule has 4 rings (SSSR count). The quantitative estimate of drug-likeness (QED) is 0.154. The molecule has 0 aliphatic heterocycles. The van der Waals surface area contributed by atoms with Crippen molar-refractivity contribution in [3.05, 3.63) is 59.7 Å². The first-order chi connectivity index (χ1) is 19.4. The molecule has 2 aliphatic rings. The number of aldehydes is 1. The van der Waals surface area contributed by atoms with E-state index >= 15 is 0 Å². The summed E-state index contributed by atoms with van der Waals surface area (Å²) < 4.78 is 11.4. The van der Waals surface area contributed by atoms with E-state index in [-0.39, 0.29) is 20.0 Å². The molecule has 2 saturated carbocycles. The number of carbonyl (C=O) groups excluding carboxylic acids is 1. The molecule has 13 nitrogen and oxygen atoms in total. The Balaban J connectivity index is 0. The number of rotatable bonds is 10. The first kappa shape index (κ1) is 40.6. The molecule has 2 aliphatic carbocycles. The zero-order chi connectivity index (χ0) is 30.8. The lowest BCUT2D eigenvalue weighted by molar-refractivity contribution is -0.147. The second-order valence-corrected chi connectivity index (χ2v) is 9.29. The molecule has 13 heteroatoms. The first-order valence-electron chi connectivity index (χ1n) is 13.0. The molecule has 1 unspecified atom stereocenters. The van der Waals surface area contributed by atoms with E-state index in [9.17, 15) is 19.2 Å². The van der Waals surface area contributed by atoms with Crippen molar-refractivity contribution in [1.29, 1.82) is 0 Å². The average Bonchev–Trinajstić information content (AvgIpc) is 2.83. The van der Waals surface area contributed by atoms with Gasteiger partial charge in [0, 0.05) is 18.5 Å². The van der Waals surface area contributed by atoms with Gasteiger partial charge in [0.25, 0.3) is 5.97 Å². The molecule has 2 fully saturated rings. The predicted molar refractivity (Wildman–Crippen MR) is 159 cm³/mol. The van der Waals surface area contributed by atoms with Gasteiger partial charge < -0.3 is 41.8 Å². The van der Waals surface area contributed by atoms with Crippen molar-refractivity contribution in [1.82, 2.24) is 6.15 Å². The van der Waals surface area contributed by atoms with Crippen molar-refractivity contribution in [3.8, 4) is 11.5 Å². The van der Waals surface area contributed by atoms with Crippen LogP contribution in [0.5, 0.6) is 11.5 Å². The number of ether oxygens (including phenoxy) is 2. The van der Waals surface area contributed by atoms with Gasteiger partial charge >= 0.3 is 17.9 Å². The van der Waals surface area contributed by atoms with Gasteiger partial charge in [0.15, 0.2) is 0 Å². The Hall–Kier alpha value is -4.49. The van der Waals surface area contributed by atoms with Crippen molar-refractivity contribution >= 4 is 30.2 Å². The van der Waals surface area contributed by atoms with E-state index in [0.29, 0.717) is 17.8 Å². The van der Waals surface area contributed by atoms with Gasteiger partial charge in [-0.05, 0) is 68.4 Å². The number of hydrogen-bond donors (Lipinski definition) is 6. The van der Waals surface area contributed by atoms with Gasteiger partial charge in [0.05, 0.1) is 18.6 Å². The summed E-state index contributed by atoms with van der Waals surface area (Å²) in [5.74, 6) is -2.75. The summed E-state index contributed by atoms with van der Waals surface area (Å²) in [6.07, 6.45) is 7.65. The van der Waals surface area contributed by atoms with Crippen LogP contribution >= 0.6 is 0 Å². The lowest BCUT2D eigenvalue weighted by Crippen LogP contribution is -2.24. The van der Waals surface area contributed by atoms with Gasteiger partial charge in [-0.25, -0.2) is 0 Å². The highest BCUT2D eigenvalue weighted by Gasteiger charge is 2.20. The maximum absolute atomic E-state index is 10.6. The van der Waals surface area contributed by atoms with Crippen LogP contribution in [0, 0.1) is 0 Å². The van der Waals surface area contributed by atoms with Gasteiger partial charge in [-0.1, -0.05) is 31.7 Å². The molecule has 0 saturated heterocycles. The second-order valence-electron chi connectivity index (χ2n) is 9.29. The number of carboxylic acids is 4. The number of aliphatic carboxylic acids is 4. The van der Waals surface area contributed by atoms with Crippen molar-refractivity contribution in [2.45, 2.75) is 84.0 Å². The summed E-state index contributed by atoms with van der Waals surface area (Å²) >= 11 is 0. The van der Waals surface area contributed by atoms with E-state index in [2.05, 4.69) is 0 Å². The molecule has 0 bridgehead atoms. The van der Waals surface area contributed by atoms with Crippen LogP contribution in [0.4, 0.5) is 0 Å². The van der Waals surface area contributed by atoms with Crippen molar-refractivity contribution in [2.24, 2.45) is 5.73 Å². The molecule has 0 heterocycles. The van der Waals surface area contributed by atoms with Crippen LogP contribution in [0.1, 0.15) is 87.7 Å². The van der Waals surface area contributed by atoms with Gasteiger partial charge in [0.1, 0.15) is 24.2 Å². The fourth-order valence-corrected chi connectivity index (χ4v) is 3.28. The summed E-state index contributed by atoms with van der Waals surface area (Å²) in [4.78, 5) is 48.9. The van der Waals surface area contributed by atoms with Crippen LogP contribution in [0.15, 0.2) is 48.5 Å². The Kier molecular flexibility index (Phi) is 20.9. The zero-order valence-corrected chi connectivity index (χ0v) is 23.5. The molecule has 9 N–H and O–H groups in total. The van der Waals surface area contributed by atoms with E-state index < -0.39 is 36.3 Å². The van der Waals surface area contributed by atoms with Crippen LogP contribution in [0.3, 0.4) is 0 Å². The lowest BCUT2D eigenvalue weighted by atomic mass is 9.96. The third-order valence-corrected chi connectivity index (χ3v) is 5.69. The molecular weight excluding hydrogens is 564 g/mol. The van der Waals surface area contributed by atoms with E-state index in [1.807, 2.05) is 36.4 Å². The third kappa shape index (κ3) is 19.3. The van der Waals surface area contributed by atoms with E-state index in [4.69, 9.17) is 40.4 Å². The molecule has 0 amide bonds. The molecule has 1 atom stereocenters. The third-order valence-electron chi connectivity index (χ3n) is 5.69. The first-order valence-corrected chi connectivity index (χ1v) is 13.0. The van der Waals surface area contributed by atoms with Crippen LogP contribution in [0.2, 0.25) is 0 Å².